The van der Waals surface area contributed by atoms with Gasteiger partial charge in [-0.15, -0.1) is 0 Å². The van der Waals surface area contributed by atoms with Crippen LogP contribution in [0.2, 0.25) is 0 Å². The fourth-order valence-electron chi connectivity index (χ4n) is 4.24. The lowest BCUT2D eigenvalue weighted by molar-refractivity contribution is -0.0458. The van der Waals surface area contributed by atoms with E-state index in [1.165, 1.54) is 18.5 Å². The number of nitrogens with one attached hydrogen (secondary N) is 1. The van der Waals surface area contributed by atoms with E-state index in [9.17, 15) is 34.8 Å². The van der Waals surface area contributed by atoms with Crippen molar-refractivity contribution in [1.29, 1.82) is 0 Å². The van der Waals surface area contributed by atoms with Crippen LogP contribution in [0.4, 0.5) is 0 Å². The molecule has 0 saturated carbocycles. The minimum Gasteiger partial charge on any atom is -0.437 e. The van der Waals surface area contributed by atoms with Crippen LogP contribution >= 0.6 is 0 Å². The van der Waals surface area contributed by atoms with Gasteiger partial charge in [-0.3, -0.25) is 18.9 Å². The van der Waals surface area contributed by atoms with Gasteiger partial charge in [-0.05, 0) is 6.07 Å². The zero-order valence-electron chi connectivity index (χ0n) is 17.6. The number of aliphatic hydroxyl groups excluding tert-OH is 4. The molecular formula is C20H22N4O10. The Balaban J connectivity index is 1.52. The molecular weight excluding hydrogens is 456 g/mol. The van der Waals surface area contributed by atoms with Gasteiger partial charge in [0.1, 0.15) is 30.4 Å². The average molecular weight is 478 g/mol. The van der Waals surface area contributed by atoms with Gasteiger partial charge in [-0.25, -0.2) is 9.59 Å². The zero-order valence-corrected chi connectivity index (χ0v) is 17.6. The smallest absolute Gasteiger partial charge is 0.353 e. The number of furan rings is 1. The number of aromatic amines is 1. The first-order chi connectivity index (χ1) is 16.3. The molecule has 2 aliphatic heterocycles. The lowest BCUT2D eigenvalue weighted by Crippen LogP contribution is -2.33. The van der Waals surface area contributed by atoms with Gasteiger partial charge in [-0.2, -0.15) is 4.98 Å². The third-order valence-electron chi connectivity index (χ3n) is 6.06. The van der Waals surface area contributed by atoms with Gasteiger partial charge in [0.15, 0.2) is 0 Å². The standard InChI is InChI=1S/C20H22N4O10/c25-6-13-10(27)2-15(32-13)23-4-8-1-12(34-18(8)22-20(23)31)9-5-24(19(30)21-17(9)29)16-3-11(28)14(7-26)33-16/h1,4-5,10-11,13-16,25-28H,2-3,6-7H2,(H,21,29,30)/t10-,11-,13+,14+,15+,16+/m0/s1. The van der Waals surface area contributed by atoms with Crippen molar-refractivity contribution in [2.45, 2.75) is 49.7 Å². The van der Waals surface area contributed by atoms with Crippen LogP contribution in [0.25, 0.3) is 22.4 Å². The number of fused-ring (bicyclic) bond motifs is 1. The first-order valence-corrected chi connectivity index (χ1v) is 10.6. The van der Waals surface area contributed by atoms with Crippen LogP contribution in [0.1, 0.15) is 25.3 Å². The Morgan fingerprint density at radius 3 is 2.18 bits per heavy atom. The van der Waals surface area contributed by atoms with Gasteiger partial charge < -0.3 is 34.3 Å². The van der Waals surface area contributed by atoms with Crippen molar-refractivity contribution < 1.29 is 34.3 Å². The topological polar surface area (TPSA) is 202 Å². The third kappa shape index (κ3) is 3.79. The summed E-state index contributed by atoms with van der Waals surface area (Å²) in [6, 6.07) is 1.45. The molecule has 2 fully saturated rings. The van der Waals surface area contributed by atoms with Crippen molar-refractivity contribution in [3.8, 4) is 11.3 Å². The second kappa shape index (κ2) is 8.57. The maximum Gasteiger partial charge on any atom is 0.353 e. The fraction of sp³-hybridized carbons (Fsp3) is 0.500. The van der Waals surface area contributed by atoms with E-state index in [-0.39, 0.29) is 29.9 Å². The number of hydrogen-bond donors (Lipinski definition) is 5. The first-order valence-electron chi connectivity index (χ1n) is 10.6. The molecule has 5 N–H and O–H groups in total. The van der Waals surface area contributed by atoms with Crippen LogP contribution in [0.15, 0.2) is 37.3 Å². The highest BCUT2D eigenvalue weighted by Crippen LogP contribution is 2.31. The Labute approximate surface area is 189 Å². The second-order valence-corrected chi connectivity index (χ2v) is 8.24. The van der Waals surface area contributed by atoms with Gasteiger partial charge in [0.2, 0.25) is 5.71 Å². The van der Waals surface area contributed by atoms with E-state index in [1.807, 2.05) is 0 Å². The Hall–Kier alpha value is -3.14. The number of ether oxygens (including phenoxy) is 2. The summed E-state index contributed by atoms with van der Waals surface area (Å²) in [6.07, 6.45) is -2.66. The summed E-state index contributed by atoms with van der Waals surface area (Å²) < 4.78 is 18.8. The summed E-state index contributed by atoms with van der Waals surface area (Å²) in [5, 5.41) is 38.8. The highest BCUT2D eigenvalue weighted by atomic mass is 16.5. The highest BCUT2D eigenvalue weighted by molar-refractivity contribution is 5.78. The van der Waals surface area contributed by atoms with Gasteiger partial charge in [-0.1, -0.05) is 0 Å². The quantitative estimate of drug-likeness (QED) is 0.266. The Bertz CT molecular complexity index is 1390. The van der Waals surface area contributed by atoms with Crippen LogP contribution in [-0.4, -0.2) is 77.2 Å². The minimum absolute atomic E-state index is 0.0208. The Kier molecular flexibility index (Phi) is 5.71. The molecule has 5 rings (SSSR count). The summed E-state index contributed by atoms with van der Waals surface area (Å²) in [5.41, 5.74) is -2.34. The highest BCUT2D eigenvalue weighted by Gasteiger charge is 2.36. The molecule has 14 heteroatoms. The van der Waals surface area contributed by atoms with Crippen molar-refractivity contribution in [2.75, 3.05) is 13.2 Å². The Morgan fingerprint density at radius 2 is 1.59 bits per heavy atom. The molecule has 6 atom stereocenters. The molecule has 5 heterocycles. The largest absolute Gasteiger partial charge is 0.437 e. The van der Waals surface area contributed by atoms with Gasteiger partial charge >= 0.3 is 11.4 Å². The molecule has 0 spiro atoms. The van der Waals surface area contributed by atoms with E-state index < -0.39 is 67.0 Å². The SMILES string of the molecule is O=c1[nH]c(=O)n([C@H]2C[C@H](O)[C@@H](CO)O2)cc1-c1cc2cn([C@H]3C[C@H](O)[C@@H](CO)O3)c(=O)nc2o1. The average Bonchev–Trinajstić information content (AvgIpc) is 3.48. The van der Waals surface area contributed by atoms with Crippen LogP contribution in [0, 0.1) is 0 Å². The summed E-state index contributed by atoms with van der Waals surface area (Å²) >= 11 is 0. The summed E-state index contributed by atoms with van der Waals surface area (Å²) in [4.78, 5) is 43.4. The molecule has 182 valence electrons. The molecule has 14 nitrogen and oxygen atoms in total. The molecule has 0 aliphatic carbocycles. The number of nitrogens with zero attached hydrogens (tertiary/aromatic N) is 3. The first kappa shape index (κ1) is 22.6. The van der Waals surface area contributed by atoms with Crippen LogP contribution in [0.5, 0.6) is 0 Å². The minimum atomic E-state index is -0.986. The van der Waals surface area contributed by atoms with Gasteiger partial charge in [0.05, 0.1) is 36.4 Å². The van der Waals surface area contributed by atoms with Crippen molar-refractivity contribution >= 4 is 11.1 Å². The number of aromatic nitrogens is 4. The molecule has 0 amide bonds. The Morgan fingerprint density at radius 1 is 0.971 bits per heavy atom. The van der Waals surface area contributed by atoms with E-state index in [1.54, 1.807) is 0 Å². The maximum atomic E-state index is 12.5. The van der Waals surface area contributed by atoms with E-state index in [4.69, 9.17) is 13.9 Å². The maximum absolute atomic E-state index is 12.5. The molecule has 2 saturated heterocycles. The molecule has 2 aliphatic rings. The molecule has 3 aromatic rings. The molecule has 0 unspecified atom stereocenters. The normalized spacial score (nSPS) is 29.3. The lowest BCUT2D eigenvalue weighted by Gasteiger charge is -2.14. The number of aliphatic hydroxyl groups is 4. The van der Waals surface area contributed by atoms with E-state index in [0.717, 1.165) is 9.13 Å². The summed E-state index contributed by atoms with van der Waals surface area (Å²) in [6.45, 7) is -0.840. The molecule has 0 bridgehead atoms. The van der Waals surface area contributed by atoms with Gasteiger partial charge in [0.25, 0.3) is 5.56 Å². The van der Waals surface area contributed by atoms with Crippen LogP contribution < -0.4 is 16.9 Å². The van der Waals surface area contributed by atoms with Crippen molar-refractivity contribution in [2.24, 2.45) is 0 Å². The molecule has 0 aromatic carbocycles. The summed E-state index contributed by atoms with van der Waals surface area (Å²) in [5.74, 6) is 0.0208. The summed E-state index contributed by atoms with van der Waals surface area (Å²) in [7, 11) is 0. The van der Waals surface area contributed by atoms with Gasteiger partial charge in [0, 0.05) is 25.2 Å². The van der Waals surface area contributed by atoms with Crippen LogP contribution in [-0.2, 0) is 9.47 Å². The predicted molar refractivity (Wildman–Crippen MR) is 112 cm³/mol. The monoisotopic (exact) mass is 478 g/mol. The molecule has 0 radical (unpaired) electrons. The number of rotatable bonds is 5. The molecule has 34 heavy (non-hydrogen) atoms. The van der Waals surface area contributed by atoms with Crippen molar-refractivity contribution in [1.82, 2.24) is 19.1 Å². The third-order valence-corrected chi connectivity index (χ3v) is 6.06. The van der Waals surface area contributed by atoms with E-state index in [2.05, 4.69) is 9.97 Å². The van der Waals surface area contributed by atoms with E-state index >= 15 is 0 Å². The lowest BCUT2D eigenvalue weighted by atomic mass is 10.2. The zero-order chi connectivity index (χ0) is 24.1. The second-order valence-electron chi connectivity index (χ2n) is 8.24. The van der Waals surface area contributed by atoms with Crippen molar-refractivity contribution in [3.05, 3.63) is 49.8 Å². The number of hydrogen-bond acceptors (Lipinski definition) is 11. The predicted octanol–water partition coefficient (Wildman–Crippen LogP) is -2.21. The van der Waals surface area contributed by atoms with E-state index in [0.29, 0.717) is 5.39 Å². The molecule has 3 aromatic heterocycles. The number of H-pyrrole nitrogens is 1. The van der Waals surface area contributed by atoms with Crippen LogP contribution in [0.3, 0.4) is 0 Å². The fourth-order valence-corrected chi connectivity index (χ4v) is 4.24. The van der Waals surface area contributed by atoms with Crippen molar-refractivity contribution in [3.63, 3.8) is 0 Å².